The van der Waals surface area contributed by atoms with E-state index in [-0.39, 0.29) is 36.5 Å². The SMILES string of the molecule is O=C(c1ccc([N+](=O)[O-])o1)N1CCC(N2CC(COc3ccccc3)OC2=O)CC1. The van der Waals surface area contributed by atoms with Gasteiger partial charge in [-0.2, -0.15) is 0 Å². The maximum absolute atomic E-state index is 12.5. The summed E-state index contributed by atoms with van der Waals surface area (Å²) in [4.78, 5) is 38.1. The smallest absolute Gasteiger partial charge is 0.433 e. The number of nitro groups is 1. The Morgan fingerprint density at radius 2 is 1.90 bits per heavy atom. The van der Waals surface area contributed by atoms with Gasteiger partial charge in [0.15, 0.2) is 11.9 Å². The topological polar surface area (TPSA) is 115 Å². The third-order valence-corrected chi connectivity index (χ3v) is 5.26. The molecule has 2 saturated heterocycles. The Morgan fingerprint density at radius 1 is 1.17 bits per heavy atom. The molecule has 2 fully saturated rings. The quantitative estimate of drug-likeness (QED) is 0.526. The summed E-state index contributed by atoms with van der Waals surface area (Å²) < 4.78 is 16.1. The second kappa shape index (κ2) is 8.44. The van der Waals surface area contributed by atoms with Gasteiger partial charge in [0.05, 0.1) is 12.6 Å². The lowest BCUT2D eigenvalue weighted by molar-refractivity contribution is -0.402. The highest BCUT2D eigenvalue weighted by atomic mass is 16.6. The first kappa shape index (κ1) is 19.7. The Bertz CT molecular complexity index is 921. The molecule has 3 heterocycles. The molecule has 1 atom stereocenters. The second-order valence-corrected chi connectivity index (χ2v) is 7.20. The summed E-state index contributed by atoms with van der Waals surface area (Å²) in [7, 11) is 0. The predicted octanol–water partition coefficient (Wildman–Crippen LogP) is 2.69. The molecular weight excluding hydrogens is 394 g/mol. The Hall–Kier alpha value is -3.56. The minimum atomic E-state index is -0.681. The van der Waals surface area contributed by atoms with Crippen molar-refractivity contribution in [3.63, 3.8) is 0 Å². The van der Waals surface area contributed by atoms with Gasteiger partial charge >= 0.3 is 12.0 Å². The van der Waals surface area contributed by atoms with Crippen molar-refractivity contribution in [3.05, 3.63) is 58.3 Å². The number of furan rings is 1. The Labute approximate surface area is 172 Å². The van der Waals surface area contributed by atoms with Crippen LogP contribution in [0.2, 0.25) is 0 Å². The first-order chi connectivity index (χ1) is 14.5. The Balaban J connectivity index is 1.27. The lowest BCUT2D eigenvalue weighted by Gasteiger charge is -2.35. The summed E-state index contributed by atoms with van der Waals surface area (Å²) in [6, 6.07) is 11.8. The largest absolute Gasteiger partial charge is 0.490 e. The van der Waals surface area contributed by atoms with Crippen LogP contribution < -0.4 is 4.74 Å². The summed E-state index contributed by atoms with van der Waals surface area (Å²) in [5.74, 6) is -0.188. The molecule has 1 unspecified atom stereocenters. The molecule has 0 saturated carbocycles. The third kappa shape index (κ3) is 4.22. The van der Waals surface area contributed by atoms with E-state index in [0.29, 0.717) is 32.5 Å². The number of ether oxygens (including phenoxy) is 2. The second-order valence-electron chi connectivity index (χ2n) is 7.20. The van der Waals surface area contributed by atoms with Gasteiger partial charge in [-0.1, -0.05) is 18.2 Å². The summed E-state index contributed by atoms with van der Waals surface area (Å²) in [5, 5.41) is 10.7. The van der Waals surface area contributed by atoms with Crippen molar-refractivity contribution in [2.45, 2.75) is 25.0 Å². The molecule has 30 heavy (non-hydrogen) atoms. The van der Waals surface area contributed by atoms with Crippen molar-refractivity contribution >= 4 is 17.9 Å². The van der Waals surface area contributed by atoms with Crippen LogP contribution in [0.3, 0.4) is 0 Å². The fourth-order valence-corrected chi connectivity index (χ4v) is 3.71. The number of carbonyl (C=O) groups excluding carboxylic acids is 2. The maximum atomic E-state index is 12.5. The molecule has 0 N–H and O–H groups in total. The molecular formula is C20H21N3O7. The van der Waals surface area contributed by atoms with E-state index >= 15 is 0 Å². The number of nitrogens with zero attached hydrogens (tertiary/aromatic N) is 3. The van der Waals surface area contributed by atoms with E-state index in [1.54, 1.807) is 9.80 Å². The van der Waals surface area contributed by atoms with Crippen LogP contribution in [-0.4, -0.2) is 65.1 Å². The van der Waals surface area contributed by atoms with Gasteiger partial charge in [0.1, 0.15) is 17.3 Å². The fraction of sp³-hybridized carbons (Fsp3) is 0.400. The van der Waals surface area contributed by atoms with Crippen molar-refractivity contribution in [1.82, 2.24) is 9.80 Å². The number of benzene rings is 1. The average Bonchev–Trinajstić information content (AvgIpc) is 3.40. The molecule has 2 aliphatic heterocycles. The monoisotopic (exact) mass is 415 g/mol. The number of likely N-dealkylation sites (tertiary alicyclic amines) is 1. The van der Waals surface area contributed by atoms with Gasteiger partial charge in [0.25, 0.3) is 5.91 Å². The molecule has 10 heteroatoms. The molecule has 1 aromatic heterocycles. The van der Waals surface area contributed by atoms with E-state index < -0.39 is 10.8 Å². The van der Waals surface area contributed by atoms with E-state index in [4.69, 9.17) is 13.9 Å². The minimum Gasteiger partial charge on any atom is -0.490 e. The molecule has 10 nitrogen and oxygen atoms in total. The molecule has 4 rings (SSSR count). The van der Waals surface area contributed by atoms with E-state index in [9.17, 15) is 19.7 Å². The first-order valence-electron chi connectivity index (χ1n) is 9.70. The lowest BCUT2D eigenvalue weighted by Crippen LogP contribution is -2.47. The van der Waals surface area contributed by atoms with E-state index in [1.165, 1.54) is 6.07 Å². The molecule has 1 aromatic carbocycles. The van der Waals surface area contributed by atoms with Crippen molar-refractivity contribution in [3.8, 4) is 5.75 Å². The molecule has 0 aliphatic carbocycles. The zero-order chi connectivity index (χ0) is 21.1. The van der Waals surface area contributed by atoms with Crippen LogP contribution in [0.5, 0.6) is 5.75 Å². The van der Waals surface area contributed by atoms with Crippen molar-refractivity contribution in [2.75, 3.05) is 26.2 Å². The lowest BCUT2D eigenvalue weighted by atomic mass is 10.0. The third-order valence-electron chi connectivity index (χ3n) is 5.26. The predicted molar refractivity (Wildman–Crippen MR) is 103 cm³/mol. The van der Waals surface area contributed by atoms with Crippen molar-refractivity contribution < 1.29 is 28.4 Å². The summed E-state index contributed by atoms with van der Waals surface area (Å²) in [6.07, 6.45) is 0.468. The summed E-state index contributed by atoms with van der Waals surface area (Å²) in [6.45, 7) is 1.56. The van der Waals surface area contributed by atoms with Gasteiger partial charge in [-0.05, 0) is 31.0 Å². The van der Waals surface area contributed by atoms with Crippen LogP contribution in [0.15, 0.2) is 46.9 Å². The number of para-hydroxylation sites is 1. The number of hydrogen-bond donors (Lipinski definition) is 0. The molecule has 0 spiro atoms. The van der Waals surface area contributed by atoms with Crippen LogP contribution in [0.25, 0.3) is 0 Å². The zero-order valence-corrected chi connectivity index (χ0v) is 16.1. The van der Waals surface area contributed by atoms with Crippen LogP contribution in [0.1, 0.15) is 23.4 Å². The van der Waals surface area contributed by atoms with Crippen LogP contribution in [0, 0.1) is 10.1 Å². The standard InChI is InChI=1S/C20H21N3O7/c24-19(17-6-7-18(30-17)23(26)27)21-10-8-14(9-11-21)22-12-16(29-20(22)25)13-28-15-4-2-1-3-5-15/h1-7,14,16H,8-13H2. The molecule has 0 bridgehead atoms. The van der Waals surface area contributed by atoms with Gasteiger partial charge < -0.3 is 23.7 Å². The zero-order valence-electron chi connectivity index (χ0n) is 16.1. The number of rotatable bonds is 6. The molecule has 0 radical (unpaired) electrons. The maximum Gasteiger partial charge on any atom is 0.433 e. The molecule has 2 aromatic rings. The average molecular weight is 415 g/mol. The highest BCUT2D eigenvalue weighted by Gasteiger charge is 2.38. The van der Waals surface area contributed by atoms with Crippen molar-refractivity contribution in [1.29, 1.82) is 0 Å². The number of hydrogen-bond acceptors (Lipinski definition) is 7. The minimum absolute atomic E-state index is 0.0331. The van der Waals surface area contributed by atoms with Crippen LogP contribution in [0.4, 0.5) is 10.7 Å². The first-order valence-corrected chi connectivity index (χ1v) is 9.70. The molecule has 2 aliphatic rings. The number of piperidine rings is 1. The van der Waals surface area contributed by atoms with Crippen LogP contribution in [-0.2, 0) is 4.74 Å². The summed E-state index contributed by atoms with van der Waals surface area (Å²) >= 11 is 0. The van der Waals surface area contributed by atoms with E-state index in [2.05, 4.69) is 0 Å². The molecule has 158 valence electrons. The van der Waals surface area contributed by atoms with E-state index in [1.807, 2.05) is 30.3 Å². The number of carbonyl (C=O) groups is 2. The van der Waals surface area contributed by atoms with Crippen LogP contribution >= 0.6 is 0 Å². The van der Waals surface area contributed by atoms with Gasteiger partial charge in [-0.3, -0.25) is 14.9 Å². The van der Waals surface area contributed by atoms with Gasteiger partial charge in [0.2, 0.25) is 0 Å². The van der Waals surface area contributed by atoms with Gasteiger partial charge in [0, 0.05) is 19.1 Å². The van der Waals surface area contributed by atoms with E-state index in [0.717, 1.165) is 11.8 Å². The van der Waals surface area contributed by atoms with Crippen molar-refractivity contribution in [2.24, 2.45) is 0 Å². The summed E-state index contributed by atoms with van der Waals surface area (Å²) in [5.41, 5.74) is 0. The highest BCUT2D eigenvalue weighted by Crippen LogP contribution is 2.25. The normalized spacial score (nSPS) is 19.6. The molecule has 2 amide bonds. The Morgan fingerprint density at radius 3 is 2.57 bits per heavy atom. The number of amides is 2. The number of cyclic esters (lactones) is 1. The highest BCUT2D eigenvalue weighted by molar-refractivity contribution is 5.91. The fourth-order valence-electron chi connectivity index (χ4n) is 3.71. The Kier molecular flexibility index (Phi) is 5.55. The van der Waals surface area contributed by atoms with Gasteiger partial charge in [-0.25, -0.2) is 4.79 Å². The van der Waals surface area contributed by atoms with Gasteiger partial charge in [-0.15, -0.1) is 0 Å².